The Hall–Kier alpha value is -1.93. The number of hydrogen-bond donors (Lipinski definition) is 2. The molecule has 2 aromatic rings. The van der Waals surface area contributed by atoms with E-state index in [1.165, 1.54) is 23.1 Å². The van der Waals surface area contributed by atoms with Crippen molar-refractivity contribution in [1.82, 2.24) is 15.5 Å². The zero-order valence-corrected chi connectivity index (χ0v) is 14.4. The molecular weight excluding hydrogens is 332 g/mol. The molecule has 0 saturated heterocycles. The predicted octanol–water partition coefficient (Wildman–Crippen LogP) is 2.80. The molecule has 8 heteroatoms. The number of unbranched alkanes of at least 4 members (excludes halogenated alkanes) is 1. The lowest BCUT2D eigenvalue weighted by molar-refractivity contribution is -0.117. The normalized spacial score (nSPS) is 10.3. The summed E-state index contributed by atoms with van der Waals surface area (Å²) in [6, 6.07) is 8.64. The number of carbonyl (C=O) groups excluding carboxylic acids is 2. The third-order valence-electron chi connectivity index (χ3n) is 2.83. The Kier molecular flexibility index (Phi) is 7.02. The second-order valence-electron chi connectivity index (χ2n) is 4.69. The molecule has 122 valence electrons. The van der Waals surface area contributed by atoms with E-state index in [4.69, 9.17) is 0 Å². The fourth-order valence-electron chi connectivity index (χ4n) is 1.66. The summed E-state index contributed by atoms with van der Waals surface area (Å²) in [6.45, 7) is 2.99. The fraction of sp³-hybridized carbons (Fsp3) is 0.333. The molecule has 2 amide bonds. The zero-order chi connectivity index (χ0) is 16.5. The highest BCUT2D eigenvalue weighted by Gasteiger charge is 2.12. The van der Waals surface area contributed by atoms with E-state index in [0.29, 0.717) is 9.90 Å². The van der Waals surface area contributed by atoms with Crippen molar-refractivity contribution in [3.8, 4) is 0 Å². The standard InChI is InChI=1S/C15H18N4O2S2/c1-2-3-9-16-14-18-19-15(23-14)22-10-12(20)17-13(21)11-7-5-4-6-8-11/h4-8H,2-3,9-10H2,1H3,(H,16,18)(H,17,20,21). The van der Waals surface area contributed by atoms with Crippen molar-refractivity contribution in [2.75, 3.05) is 17.6 Å². The number of nitrogens with one attached hydrogen (secondary N) is 2. The number of hydrogen-bond acceptors (Lipinski definition) is 7. The van der Waals surface area contributed by atoms with Crippen molar-refractivity contribution in [3.63, 3.8) is 0 Å². The average molecular weight is 350 g/mol. The van der Waals surface area contributed by atoms with Gasteiger partial charge in [-0.25, -0.2) is 0 Å². The molecular formula is C15H18N4O2S2. The first-order valence-corrected chi connectivity index (χ1v) is 9.08. The first-order chi connectivity index (χ1) is 11.2. The maximum absolute atomic E-state index is 11.8. The highest BCUT2D eigenvalue weighted by molar-refractivity contribution is 8.01. The Bertz CT molecular complexity index is 646. The Morgan fingerprint density at radius 3 is 2.74 bits per heavy atom. The minimum absolute atomic E-state index is 0.127. The van der Waals surface area contributed by atoms with Crippen molar-refractivity contribution >= 4 is 40.0 Å². The number of benzene rings is 1. The van der Waals surface area contributed by atoms with Gasteiger partial charge in [-0.05, 0) is 18.6 Å². The number of anilines is 1. The van der Waals surface area contributed by atoms with Crippen LogP contribution in [0.4, 0.5) is 5.13 Å². The van der Waals surface area contributed by atoms with E-state index < -0.39 is 5.91 Å². The van der Waals surface area contributed by atoms with Gasteiger partial charge >= 0.3 is 0 Å². The van der Waals surface area contributed by atoms with Gasteiger partial charge in [0.1, 0.15) is 0 Å². The van der Waals surface area contributed by atoms with Crippen LogP contribution in [-0.2, 0) is 4.79 Å². The molecule has 23 heavy (non-hydrogen) atoms. The second kappa shape index (κ2) is 9.26. The van der Waals surface area contributed by atoms with Gasteiger partial charge in [0.05, 0.1) is 5.75 Å². The molecule has 2 N–H and O–H groups in total. The summed E-state index contributed by atoms with van der Waals surface area (Å²) in [5.74, 6) is -0.614. The summed E-state index contributed by atoms with van der Waals surface area (Å²) >= 11 is 2.67. The molecule has 2 rings (SSSR count). The van der Waals surface area contributed by atoms with E-state index >= 15 is 0 Å². The van der Waals surface area contributed by atoms with Crippen LogP contribution in [0.2, 0.25) is 0 Å². The molecule has 0 aliphatic carbocycles. The molecule has 0 unspecified atom stereocenters. The Morgan fingerprint density at radius 2 is 2.00 bits per heavy atom. The summed E-state index contributed by atoms with van der Waals surface area (Å²) in [6.07, 6.45) is 2.19. The average Bonchev–Trinajstić information content (AvgIpc) is 3.02. The number of rotatable bonds is 8. The van der Waals surface area contributed by atoms with Crippen LogP contribution in [0.5, 0.6) is 0 Å². The van der Waals surface area contributed by atoms with Crippen LogP contribution in [0.1, 0.15) is 30.1 Å². The van der Waals surface area contributed by atoms with Crippen LogP contribution in [0.15, 0.2) is 34.7 Å². The molecule has 0 saturated carbocycles. The van der Waals surface area contributed by atoms with Crippen molar-refractivity contribution in [3.05, 3.63) is 35.9 Å². The highest BCUT2D eigenvalue weighted by atomic mass is 32.2. The number of amides is 2. The van der Waals surface area contributed by atoms with Crippen LogP contribution in [-0.4, -0.2) is 34.3 Å². The van der Waals surface area contributed by atoms with E-state index in [9.17, 15) is 9.59 Å². The van der Waals surface area contributed by atoms with Crippen molar-refractivity contribution < 1.29 is 9.59 Å². The molecule has 1 aromatic carbocycles. The first kappa shape index (κ1) is 17.4. The van der Waals surface area contributed by atoms with Gasteiger partial charge in [0, 0.05) is 12.1 Å². The van der Waals surface area contributed by atoms with Gasteiger partial charge < -0.3 is 5.32 Å². The third-order valence-corrected chi connectivity index (χ3v) is 4.84. The van der Waals surface area contributed by atoms with Crippen LogP contribution in [0, 0.1) is 0 Å². The van der Waals surface area contributed by atoms with Gasteiger partial charge in [-0.1, -0.05) is 54.6 Å². The van der Waals surface area contributed by atoms with E-state index in [0.717, 1.165) is 24.5 Å². The van der Waals surface area contributed by atoms with Gasteiger partial charge in [-0.3, -0.25) is 14.9 Å². The summed E-state index contributed by atoms with van der Waals surface area (Å²) in [5.41, 5.74) is 0.462. The van der Waals surface area contributed by atoms with E-state index in [1.54, 1.807) is 24.3 Å². The maximum Gasteiger partial charge on any atom is 0.257 e. The molecule has 0 fully saturated rings. The van der Waals surface area contributed by atoms with Gasteiger partial charge in [0.15, 0.2) is 4.34 Å². The number of carbonyl (C=O) groups is 2. The van der Waals surface area contributed by atoms with Gasteiger partial charge in [0.25, 0.3) is 5.91 Å². The molecule has 6 nitrogen and oxygen atoms in total. The molecule has 0 spiro atoms. The topological polar surface area (TPSA) is 84.0 Å². The Balaban J connectivity index is 1.75. The summed E-state index contributed by atoms with van der Waals surface area (Å²) in [5, 5.41) is 14.3. The summed E-state index contributed by atoms with van der Waals surface area (Å²) in [7, 11) is 0. The smallest absolute Gasteiger partial charge is 0.257 e. The molecule has 0 atom stereocenters. The fourth-order valence-corrected chi connectivity index (χ4v) is 3.24. The molecule has 0 aliphatic rings. The Morgan fingerprint density at radius 1 is 1.22 bits per heavy atom. The molecule has 1 heterocycles. The van der Waals surface area contributed by atoms with Crippen molar-refractivity contribution in [1.29, 1.82) is 0 Å². The lowest BCUT2D eigenvalue weighted by Gasteiger charge is -2.02. The minimum atomic E-state index is -0.393. The third kappa shape index (κ3) is 5.99. The SMILES string of the molecule is CCCCNc1nnc(SCC(=O)NC(=O)c2ccccc2)s1. The minimum Gasteiger partial charge on any atom is -0.360 e. The summed E-state index contributed by atoms with van der Waals surface area (Å²) in [4.78, 5) is 23.6. The van der Waals surface area contributed by atoms with Crippen LogP contribution < -0.4 is 10.6 Å². The largest absolute Gasteiger partial charge is 0.360 e. The highest BCUT2D eigenvalue weighted by Crippen LogP contribution is 2.25. The number of aromatic nitrogens is 2. The van der Waals surface area contributed by atoms with Crippen molar-refractivity contribution in [2.45, 2.75) is 24.1 Å². The van der Waals surface area contributed by atoms with Gasteiger partial charge in [-0.15, -0.1) is 10.2 Å². The Labute approximate surface area is 143 Å². The van der Waals surface area contributed by atoms with Crippen LogP contribution >= 0.6 is 23.1 Å². The van der Waals surface area contributed by atoms with Crippen LogP contribution in [0.25, 0.3) is 0 Å². The molecule has 1 aromatic heterocycles. The van der Waals surface area contributed by atoms with Crippen LogP contribution in [0.3, 0.4) is 0 Å². The lowest BCUT2D eigenvalue weighted by Crippen LogP contribution is -2.31. The lowest BCUT2D eigenvalue weighted by atomic mass is 10.2. The first-order valence-electron chi connectivity index (χ1n) is 7.28. The molecule has 0 radical (unpaired) electrons. The number of nitrogens with zero attached hydrogens (tertiary/aromatic N) is 2. The van der Waals surface area contributed by atoms with E-state index in [-0.39, 0.29) is 11.7 Å². The monoisotopic (exact) mass is 350 g/mol. The van der Waals surface area contributed by atoms with Crippen molar-refractivity contribution in [2.24, 2.45) is 0 Å². The van der Waals surface area contributed by atoms with Gasteiger partial charge in [0.2, 0.25) is 11.0 Å². The number of thioether (sulfide) groups is 1. The zero-order valence-electron chi connectivity index (χ0n) is 12.7. The molecule has 0 bridgehead atoms. The van der Waals surface area contributed by atoms with Gasteiger partial charge in [-0.2, -0.15) is 0 Å². The maximum atomic E-state index is 11.8. The van der Waals surface area contributed by atoms with E-state index in [2.05, 4.69) is 27.8 Å². The van der Waals surface area contributed by atoms with E-state index in [1.807, 2.05) is 6.07 Å². The quantitative estimate of drug-likeness (QED) is 0.563. The predicted molar refractivity (Wildman–Crippen MR) is 92.9 cm³/mol. The second-order valence-corrected chi connectivity index (χ2v) is 6.89. The molecule has 0 aliphatic heterocycles. The summed E-state index contributed by atoms with van der Waals surface area (Å²) < 4.78 is 0.700. The number of imide groups is 1.